The Balaban J connectivity index is 1.43. The van der Waals surface area contributed by atoms with E-state index in [1.165, 1.54) is 5.69 Å². The molecule has 0 saturated heterocycles. The minimum atomic E-state index is -0.0947. The number of rotatable bonds is 3. The van der Waals surface area contributed by atoms with Gasteiger partial charge in [0.1, 0.15) is 5.76 Å². The number of nitrogens with zero attached hydrogens (tertiary/aromatic N) is 4. The van der Waals surface area contributed by atoms with Crippen molar-refractivity contribution in [2.24, 2.45) is 7.05 Å². The topological polar surface area (TPSA) is 76.2 Å². The molecule has 1 aromatic carbocycles. The molecule has 3 heterocycles. The largest absolute Gasteiger partial charge is 0.441 e. The summed E-state index contributed by atoms with van der Waals surface area (Å²) in [5.74, 6) is 1.76. The molecule has 1 aliphatic heterocycles. The number of carbonyl (C=O) groups is 1. The molecule has 146 valence electrons. The lowest BCUT2D eigenvalue weighted by Crippen LogP contribution is -2.34. The van der Waals surface area contributed by atoms with Crippen molar-refractivity contribution in [3.63, 3.8) is 0 Å². The average molecular weight is 379 g/mol. The van der Waals surface area contributed by atoms with Crippen molar-refractivity contribution in [3.05, 3.63) is 53.7 Å². The highest BCUT2D eigenvalue weighted by molar-refractivity contribution is 5.89. The van der Waals surface area contributed by atoms with E-state index < -0.39 is 0 Å². The standard InChI is InChI=1S/C21H25N5O2/c1-14(2)19-12-22-20(28-19)15-6-8-17(9-7-15)24-21(27)26-10-4-5-18-16(13-26)11-23-25(18)3/h6-9,11-12,14H,4-5,10,13H2,1-3H3,(H,24,27). The Morgan fingerprint density at radius 1 is 1.21 bits per heavy atom. The fraction of sp³-hybridized carbons (Fsp3) is 0.381. The quantitative estimate of drug-likeness (QED) is 0.741. The van der Waals surface area contributed by atoms with Crippen molar-refractivity contribution in [2.75, 3.05) is 11.9 Å². The maximum atomic E-state index is 12.7. The zero-order chi connectivity index (χ0) is 19.7. The van der Waals surface area contributed by atoms with E-state index in [4.69, 9.17) is 4.42 Å². The first-order chi connectivity index (χ1) is 13.5. The number of hydrogen-bond acceptors (Lipinski definition) is 4. The lowest BCUT2D eigenvalue weighted by molar-refractivity contribution is 0.210. The zero-order valence-electron chi connectivity index (χ0n) is 16.5. The van der Waals surface area contributed by atoms with Crippen LogP contribution in [0.5, 0.6) is 0 Å². The maximum absolute atomic E-state index is 12.7. The van der Waals surface area contributed by atoms with Gasteiger partial charge >= 0.3 is 6.03 Å². The number of urea groups is 1. The van der Waals surface area contributed by atoms with Crippen LogP contribution in [-0.2, 0) is 20.0 Å². The number of benzene rings is 1. The van der Waals surface area contributed by atoms with Gasteiger partial charge in [0.25, 0.3) is 0 Å². The Labute approximate surface area is 164 Å². The molecule has 28 heavy (non-hydrogen) atoms. The van der Waals surface area contributed by atoms with E-state index >= 15 is 0 Å². The number of carbonyl (C=O) groups excluding carboxylic acids is 1. The molecule has 0 radical (unpaired) electrons. The van der Waals surface area contributed by atoms with Crippen molar-refractivity contribution in [1.82, 2.24) is 19.7 Å². The van der Waals surface area contributed by atoms with Gasteiger partial charge in [-0.2, -0.15) is 5.10 Å². The predicted octanol–water partition coefficient (Wildman–Crippen LogP) is 4.18. The van der Waals surface area contributed by atoms with Crippen LogP contribution in [0.2, 0.25) is 0 Å². The highest BCUT2D eigenvalue weighted by atomic mass is 16.4. The van der Waals surface area contributed by atoms with Crippen LogP contribution in [0.4, 0.5) is 10.5 Å². The van der Waals surface area contributed by atoms with Gasteiger partial charge in [-0.25, -0.2) is 9.78 Å². The number of aromatic nitrogens is 3. The van der Waals surface area contributed by atoms with Crippen LogP contribution < -0.4 is 5.32 Å². The fourth-order valence-electron chi connectivity index (χ4n) is 3.44. The highest BCUT2D eigenvalue weighted by Gasteiger charge is 2.21. The van der Waals surface area contributed by atoms with Crippen molar-refractivity contribution in [1.29, 1.82) is 0 Å². The van der Waals surface area contributed by atoms with Gasteiger partial charge in [0.05, 0.1) is 18.9 Å². The highest BCUT2D eigenvalue weighted by Crippen LogP contribution is 2.25. The molecule has 3 aromatic rings. The van der Waals surface area contributed by atoms with Gasteiger partial charge in [-0.1, -0.05) is 13.8 Å². The lowest BCUT2D eigenvalue weighted by Gasteiger charge is -2.21. The van der Waals surface area contributed by atoms with E-state index in [2.05, 4.69) is 29.2 Å². The molecule has 4 rings (SSSR count). The molecule has 2 amide bonds. The van der Waals surface area contributed by atoms with Crippen LogP contribution in [0, 0.1) is 0 Å². The fourth-order valence-corrected chi connectivity index (χ4v) is 3.44. The second kappa shape index (κ2) is 7.50. The third-order valence-corrected chi connectivity index (χ3v) is 5.11. The number of amides is 2. The molecular weight excluding hydrogens is 354 g/mol. The molecule has 0 bridgehead atoms. The first-order valence-electron chi connectivity index (χ1n) is 9.63. The van der Waals surface area contributed by atoms with Crippen LogP contribution in [0.1, 0.15) is 43.2 Å². The molecule has 0 fully saturated rings. The summed E-state index contributed by atoms with van der Waals surface area (Å²) in [4.78, 5) is 18.9. The van der Waals surface area contributed by atoms with E-state index in [0.717, 1.165) is 42.0 Å². The van der Waals surface area contributed by atoms with Crippen LogP contribution in [0.15, 0.2) is 41.1 Å². The van der Waals surface area contributed by atoms with Crippen molar-refractivity contribution in [2.45, 2.75) is 39.2 Å². The SMILES string of the molecule is CC(C)c1cnc(-c2ccc(NC(=O)N3CCCc4c(cnn4C)C3)cc2)o1. The zero-order valence-corrected chi connectivity index (χ0v) is 16.5. The van der Waals surface area contributed by atoms with Crippen LogP contribution >= 0.6 is 0 Å². The first kappa shape index (κ1) is 18.3. The molecule has 0 atom stereocenters. The Morgan fingerprint density at radius 2 is 2.00 bits per heavy atom. The second-order valence-corrected chi connectivity index (χ2v) is 7.50. The predicted molar refractivity (Wildman–Crippen MR) is 107 cm³/mol. The summed E-state index contributed by atoms with van der Waals surface area (Å²) in [7, 11) is 1.95. The number of hydrogen-bond donors (Lipinski definition) is 1. The molecule has 0 unspecified atom stereocenters. The van der Waals surface area contributed by atoms with Gasteiger partial charge in [0.15, 0.2) is 0 Å². The van der Waals surface area contributed by atoms with E-state index in [1.807, 2.05) is 47.1 Å². The van der Waals surface area contributed by atoms with E-state index in [0.29, 0.717) is 18.4 Å². The molecule has 0 aliphatic carbocycles. The molecule has 7 nitrogen and oxygen atoms in total. The Kier molecular flexibility index (Phi) is 4.90. The number of nitrogens with one attached hydrogen (secondary N) is 1. The molecule has 1 N–H and O–H groups in total. The van der Waals surface area contributed by atoms with E-state index in [-0.39, 0.29) is 6.03 Å². The number of fused-ring (bicyclic) bond motifs is 1. The third kappa shape index (κ3) is 3.65. The van der Waals surface area contributed by atoms with Crippen LogP contribution in [0.25, 0.3) is 11.5 Å². The summed E-state index contributed by atoms with van der Waals surface area (Å²) in [6.07, 6.45) is 5.50. The first-order valence-corrected chi connectivity index (χ1v) is 9.63. The Morgan fingerprint density at radius 3 is 2.71 bits per heavy atom. The molecule has 1 aliphatic rings. The number of aryl methyl sites for hydroxylation is 1. The van der Waals surface area contributed by atoms with Gasteiger partial charge in [-0.3, -0.25) is 4.68 Å². The molecular formula is C21H25N5O2. The minimum absolute atomic E-state index is 0.0947. The normalized spacial score (nSPS) is 14.1. The summed E-state index contributed by atoms with van der Waals surface area (Å²) >= 11 is 0. The van der Waals surface area contributed by atoms with E-state index in [1.54, 1.807) is 6.20 Å². The monoisotopic (exact) mass is 379 g/mol. The molecule has 2 aromatic heterocycles. The van der Waals surface area contributed by atoms with Crippen molar-refractivity contribution >= 4 is 11.7 Å². The van der Waals surface area contributed by atoms with Gasteiger partial charge in [0, 0.05) is 42.0 Å². The van der Waals surface area contributed by atoms with Gasteiger partial charge in [-0.05, 0) is 37.1 Å². The average Bonchev–Trinajstić information content (AvgIpc) is 3.24. The minimum Gasteiger partial charge on any atom is -0.441 e. The summed E-state index contributed by atoms with van der Waals surface area (Å²) in [6.45, 7) is 5.45. The van der Waals surface area contributed by atoms with Gasteiger partial charge in [0.2, 0.25) is 5.89 Å². The smallest absolute Gasteiger partial charge is 0.322 e. The number of anilines is 1. The summed E-state index contributed by atoms with van der Waals surface area (Å²) in [5.41, 5.74) is 3.97. The van der Waals surface area contributed by atoms with Crippen LogP contribution in [0.3, 0.4) is 0 Å². The van der Waals surface area contributed by atoms with Gasteiger partial charge in [-0.15, -0.1) is 0 Å². The van der Waals surface area contributed by atoms with E-state index in [9.17, 15) is 4.79 Å². The maximum Gasteiger partial charge on any atom is 0.322 e. The molecule has 0 saturated carbocycles. The van der Waals surface area contributed by atoms with Crippen LogP contribution in [-0.4, -0.2) is 32.2 Å². The van der Waals surface area contributed by atoms with Crippen molar-refractivity contribution < 1.29 is 9.21 Å². The second-order valence-electron chi connectivity index (χ2n) is 7.50. The summed E-state index contributed by atoms with van der Waals surface area (Å²) in [6, 6.07) is 7.47. The third-order valence-electron chi connectivity index (χ3n) is 5.11. The lowest BCUT2D eigenvalue weighted by atomic mass is 10.2. The molecule has 0 spiro atoms. The molecule has 7 heteroatoms. The summed E-state index contributed by atoms with van der Waals surface area (Å²) in [5, 5.41) is 7.30. The Bertz CT molecular complexity index is 971. The number of oxazole rings is 1. The summed E-state index contributed by atoms with van der Waals surface area (Å²) < 4.78 is 7.69. The van der Waals surface area contributed by atoms with Gasteiger partial charge < -0.3 is 14.6 Å². The van der Waals surface area contributed by atoms with Crippen molar-refractivity contribution in [3.8, 4) is 11.5 Å². The Hall–Kier alpha value is -3.09.